The molecule has 0 saturated carbocycles. The van der Waals surface area contributed by atoms with Crippen molar-refractivity contribution in [3.8, 4) is 5.75 Å². The number of likely N-dealkylation sites (N-methyl/N-ethyl adjacent to an activating group) is 1. The third-order valence-corrected chi connectivity index (χ3v) is 7.04. The Bertz CT molecular complexity index is 1220. The van der Waals surface area contributed by atoms with Gasteiger partial charge >= 0.3 is 25.7 Å². The smallest absolute Gasteiger partial charge is 0.481 e. The highest BCUT2D eigenvalue weighted by atomic mass is 31.2. The fourth-order valence-corrected chi connectivity index (χ4v) is 4.34. The summed E-state index contributed by atoms with van der Waals surface area (Å²) in [7, 11) is -3.32. The van der Waals surface area contributed by atoms with E-state index in [0.717, 1.165) is 0 Å². The molecule has 0 aromatic heterocycles. The highest BCUT2D eigenvalue weighted by Crippen LogP contribution is 2.37. The Balaban J connectivity index is 3.12. The molecule has 0 radical (unpaired) electrons. The highest BCUT2D eigenvalue weighted by molar-refractivity contribution is 7.46. The van der Waals surface area contributed by atoms with Gasteiger partial charge in [-0.05, 0) is 49.9 Å². The first-order chi connectivity index (χ1) is 20.5. The number of carbonyl (C=O) groups is 6. The van der Waals surface area contributed by atoms with E-state index in [-0.39, 0.29) is 12.2 Å². The Hall–Kier alpha value is -4.05. The molecule has 1 aromatic carbocycles. The highest BCUT2D eigenvalue weighted by Gasteiger charge is 2.32. The van der Waals surface area contributed by atoms with Gasteiger partial charge in [-0.1, -0.05) is 32.4 Å². The topological polar surface area (TPSA) is 278 Å². The number of carboxylic acid groups (broad SMARTS) is 3. The van der Waals surface area contributed by atoms with E-state index < -0.39 is 99.2 Å². The number of aliphatic carboxylic acids is 3. The summed E-state index contributed by atoms with van der Waals surface area (Å²) in [5.74, 6) is -7.20. The molecule has 0 aliphatic heterocycles. The van der Waals surface area contributed by atoms with Gasteiger partial charge in [-0.3, -0.25) is 33.8 Å². The Labute approximate surface area is 253 Å². The number of carboxylic acids is 3. The normalized spacial score (nSPS) is 14.7. The van der Waals surface area contributed by atoms with E-state index in [1.807, 2.05) is 0 Å². The van der Waals surface area contributed by atoms with Crippen LogP contribution >= 0.6 is 7.82 Å². The van der Waals surface area contributed by atoms with Crippen LogP contribution in [0.5, 0.6) is 5.75 Å². The van der Waals surface area contributed by atoms with Crippen molar-refractivity contribution >= 4 is 43.5 Å². The van der Waals surface area contributed by atoms with Crippen LogP contribution in [-0.2, 0) is 39.8 Å². The first-order valence-electron chi connectivity index (χ1n) is 13.6. The van der Waals surface area contributed by atoms with Crippen LogP contribution in [0.2, 0.25) is 0 Å². The van der Waals surface area contributed by atoms with E-state index in [1.54, 1.807) is 13.8 Å². The zero-order chi connectivity index (χ0) is 33.6. The van der Waals surface area contributed by atoms with Gasteiger partial charge in [0.1, 0.15) is 23.9 Å². The van der Waals surface area contributed by atoms with Gasteiger partial charge in [0.15, 0.2) is 0 Å². The Kier molecular flexibility index (Phi) is 15.5. The summed E-state index contributed by atoms with van der Waals surface area (Å²) in [6.45, 7) is 3.30. The van der Waals surface area contributed by atoms with Crippen LogP contribution in [0.4, 0.5) is 0 Å². The maximum absolute atomic E-state index is 13.2. The van der Waals surface area contributed by atoms with Crippen LogP contribution in [0.15, 0.2) is 24.3 Å². The minimum Gasteiger partial charge on any atom is -0.481 e. The lowest BCUT2D eigenvalue weighted by molar-refractivity contribution is -0.144. The Morgan fingerprint density at radius 1 is 0.795 bits per heavy atom. The van der Waals surface area contributed by atoms with E-state index in [0.29, 0.717) is 12.0 Å². The lowest BCUT2D eigenvalue weighted by Gasteiger charge is -2.26. The second kappa shape index (κ2) is 17.9. The molecule has 9 N–H and O–H groups in total. The predicted octanol–water partition coefficient (Wildman–Crippen LogP) is -0.397. The summed E-state index contributed by atoms with van der Waals surface area (Å²) < 4.78 is 15.5. The first-order valence-corrected chi connectivity index (χ1v) is 15.1. The molecule has 44 heavy (non-hydrogen) atoms. The maximum Gasteiger partial charge on any atom is 0.524 e. The molecular weight excluding hydrogens is 607 g/mol. The summed E-state index contributed by atoms with van der Waals surface area (Å²) in [4.78, 5) is 91.2. The van der Waals surface area contributed by atoms with E-state index in [4.69, 9.17) is 20.0 Å². The van der Waals surface area contributed by atoms with Gasteiger partial charge in [-0.25, -0.2) is 9.36 Å². The van der Waals surface area contributed by atoms with Gasteiger partial charge < -0.3 is 41.1 Å². The van der Waals surface area contributed by atoms with Crippen molar-refractivity contribution in [3.63, 3.8) is 0 Å². The zero-order valence-electron chi connectivity index (χ0n) is 24.4. The molecule has 0 spiro atoms. The largest absolute Gasteiger partial charge is 0.524 e. The van der Waals surface area contributed by atoms with Gasteiger partial charge in [-0.2, -0.15) is 0 Å². The molecule has 17 nitrogen and oxygen atoms in total. The number of phosphoric acid groups is 1. The van der Waals surface area contributed by atoms with Crippen molar-refractivity contribution in [2.45, 2.75) is 76.5 Å². The number of rotatable bonds is 20. The van der Waals surface area contributed by atoms with Gasteiger partial charge in [0, 0.05) is 12.8 Å². The van der Waals surface area contributed by atoms with Crippen LogP contribution < -0.4 is 25.8 Å². The summed E-state index contributed by atoms with van der Waals surface area (Å²) in [5, 5.41) is 37.6. The summed E-state index contributed by atoms with van der Waals surface area (Å²) >= 11 is 0. The summed E-state index contributed by atoms with van der Waals surface area (Å²) in [5.41, 5.74) is 0.531. The van der Waals surface area contributed by atoms with Crippen LogP contribution in [0, 0.1) is 5.92 Å². The molecule has 0 heterocycles. The van der Waals surface area contributed by atoms with Crippen molar-refractivity contribution in [2.24, 2.45) is 5.92 Å². The van der Waals surface area contributed by atoms with Crippen molar-refractivity contribution < 1.29 is 63.0 Å². The number of benzene rings is 1. The molecule has 1 aromatic rings. The number of hydrogen-bond donors (Lipinski definition) is 9. The molecule has 0 saturated heterocycles. The summed E-state index contributed by atoms with van der Waals surface area (Å²) in [6.07, 6.45) is -1.50. The predicted molar refractivity (Wildman–Crippen MR) is 152 cm³/mol. The number of phosphoric ester groups is 1. The standard InChI is InChI=1S/C26H39N4O13P/c1-4-14(2)22(26(38)39)30-24(36)18(10-12-21(33)34)28-23(35)17(9-11-20(31)32)29-25(37)19(27-3)13-15-5-7-16(8-6-15)43-44(40,41)42/h5-8,14,17-19,22,27H,4,9-13H2,1-3H3,(H,28,35)(H,29,37)(H,30,36)(H,31,32)(H,33,34)(H,38,39)(H2,40,41,42)/t14?,17-,18-,19-,22-/m0/s1. The fraction of sp³-hybridized carbons (Fsp3) is 0.538. The van der Waals surface area contributed by atoms with Crippen LogP contribution in [0.3, 0.4) is 0 Å². The van der Waals surface area contributed by atoms with E-state index in [2.05, 4.69) is 25.8 Å². The molecule has 246 valence electrons. The SMILES string of the molecule is CCC(C)[C@H](NC(=O)[C@H](CCC(=O)O)NC(=O)[C@H](CCC(=O)O)NC(=O)[C@H](Cc1ccc(OP(=O)(O)O)cc1)NC)C(=O)O. The zero-order valence-corrected chi connectivity index (χ0v) is 25.3. The first kappa shape index (κ1) is 38.0. The molecule has 1 rings (SSSR count). The van der Waals surface area contributed by atoms with Crippen LogP contribution in [0.1, 0.15) is 51.5 Å². The number of hydrogen-bond acceptors (Lipinski definition) is 9. The molecular formula is C26H39N4O13P. The minimum atomic E-state index is -4.77. The molecule has 0 aliphatic carbocycles. The quantitative estimate of drug-likeness (QED) is 0.0816. The second-order valence-electron chi connectivity index (χ2n) is 9.97. The molecule has 0 bridgehead atoms. The number of nitrogens with one attached hydrogen (secondary N) is 4. The van der Waals surface area contributed by atoms with Gasteiger partial charge in [0.25, 0.3) is 0 Å². The van der Waals surface area contributed by atoms with Gasteiger partial charge in [-0.15, -0.1) is 0 Å². The fourth-order valence-electron chi connectivity index (χ4n) is 3.94. The third-order valence-electron chi connectivity index (χ3n) is 6.59. The lowest BCUT2D eigenvalue weighted by atomic mass is 9.98. The van der Waals surface area contributed by atoms with Gasteiger partial charge in [0.05, 0.1) is 6.04 Å². The van der Waals surface area contributed by atoms with Crippen molar-refractivity contribution in [2.75, 3.05) is 7.05 Å². The van der Waals surface area contributed by atoms with Crippen LogP contribution in [0.25, 0.3) is 0 Å². The lowest BCUT2D eigenvalue weighted by Crippen LogP contribution is -2.58. The van der Waals surface area contributed by atoms with Crippen molar-refractivity contribution in [1.29, 1.82) is 0 Å². The number of amides is 3. The average molecular weight is 647 g/mol. The van der Waals surface area contributed by atoms with Crippen molar-refractivity contribution in [3.05, 3.63) is 29.8 Å². The van der Waals surface area contributed by atoms with E-state index in [9.17, 15) is 38.4 Å². The molecule has 0 aliphatic rings. The molecule has 18 heteroatoms. The maximum atomic E-state index is 13.2. The van der Waals surface area contributed by atoms with E-state index >= 15 is 0 Å². The van der Waals surface area contributed by atoms with Crippen LogP contribution in [-0.4, -0.2) is 92.0 Å². The molecule has 1 unspecified atom stereocenters. The molecule has 0 fully saturated rings. The Morgan fingerprint density at radius 2 is 1.25 bits per heavy atom. The third kappa shape index (κ3) is 13.9. The minimum absolute atomic E-state index is 0.0294. The van der Waals surface area contributed by atoms with Crippen molar-refractivity contribution in [1.82, 2.24) is 21.3 Å². The summed E-state index contributed by atoms with van der Waals surface area (Å²) in [6, 6.07) is 0.177. The molecule has 3 amide bonds. The Morgan fingerprint density at radius 3 is 1.64 bits per heavy atom. The monoisotopic (exact) mass is 646 g/mol. The van der Waals surface area contributed by atoms with Gasteiger partial charge in [0.2, 0.25) is 17.7 Å². The molecule has 5 atom stereocenters. The average Bonchev–Trinajstić information content (AvgIpc) is 2.93. The second-order valence-corrected chi connectivity index (χ2v) is 11.1. The van der Waals surface area contributed by atoms with E-state index in [1.165, 1.54) is 31.3 Å². The number of carbonyl (C=O) groups excluding carboxylic acids is 3.